The van der Waals surface area contributed by atoms with Gasteiger partial charge in [0.05, 0.1) is 23.4 Å². The molecule has 0 spiro atoms. The van der Waals surface area contributed by atoms with Gasteiger partial charge in [0, 0.05) is 6.20 Å². The second-order valence-electron chi connectivity index (χ2n) is 2.97. The van der Waals surface area contributed by atoms with E-state index in [4.69, 9.17) is 11.6 Å². The number of methoxy groups -OCH3 is 1. The second-order valence-corrected chi connectivity index (χ2v) is 4.30. The number of pyridine rings is 1. The van der Waals surface area contributed by atoms with E-state index in [-0.39, 0.29) is 10.7 Å². The van der Waals surface area contributed by atoms with Crippen molar-refractivity contribution >= 4 is 33.5 Å². The van der Waals surface area contributed by atoms with Crippen LogP contribution in [0.1, 0.15) is 16.1 Å². The van der Waals surface area contributed by atoms with Gasteiger partial charge < -0.3 is 4.74 Å². The Morgan fingerprint density at radius 2 is 2.18 bits per heavy atom. The fourth-order valence-electron chi connectivity index (χ4n) is 1.01. The lowest BCUT2D eigenvalue weighted by Gasteiger charge is -2.11. The monoisotopic (exact) mass is 331 g/mol. The maximum absolute atomic E-state index is 12.3. The van der Waals surface area contributed by atoms with Crippen LogP contribution in [-0.2, 0) is 15.7 Å². The molecule has 0 aromatic carbocycles. The molecule has 1 rings (SSSR count). The van der Waals surface area contributed by atoms with Gasteiger partial charge in [-0.2, -0.15) is 13.2 Å². The Labute approximate surface area is 108 Å². The maximum Gasteiger partial charge on any atom is 0.417 e. The molecule has 94 valence electrons. The Balaban J connectivity index is 3.10. The number of nitrogens with zero attached hydrogens (tertiary/aromatic N) is 1. The standard InChI is InChI=1S/C9H6BrClF3NO2/c1-17-8(16)6(10)7-5(11)2-4(3-15-7)9(12,13)14/h2-3,6H,1H3/t6-/m0/s1. The molecule has 0 N–H and O–H groups in total. The van der Waals surface area contributed by atoms with E-state index in [0.29, 0.717) is 12.3 Å². The van der Waals surface area contributed by atoms with Crippen molar-refractivity contribution in [2.75, 3.05) is 7.11 Å². The van der Waals surface area contributed by atoms with Crippen LogP contribution in [0.2, 0.25) is 5.02 Å². The van der Waals surface area contributed by atoms with Crippen molar-refractivity contribution < 1.29 is 22.7 Å². The smallest absolute Gasteiger partial charge is 0.417 e. The van der Waals surface area contributed by atoms with Crippen molar-refractivity contribution in [3.8, 4) is 0 Å². The van der Waals surface area contributed by atoms with Gasteiger partial charge >= 0.3 is 12.1 Å². The summed E-state index contributed by atoms with van der Waals surface area (Å²) in [5.74, 6) is -0.695. The number of esters is 1. The number of alkyl halides is 4. The van der Waals surface area contributed by atoms with Crippen molar-refractivity contribution in [2.45, 2.75) is 11.0 Å². The van der Waals surface area contributed by atoms with E-state index in [2.05, 4.69) is 25.7 Å². The average Bonchev–Trinajstić information content (AvgIpc) is 2.25. The lowest BCUT2D eigenvalue weighted by atomic mass is 10.2. The molecule has 3 nitrogen and oxygen atoms in total. The minimum Gasteiger partial charge on any atom is -0.468 e. The molecule has 0 amide bonds. The third-order valence-corrected chi connectivity index (χ3v) is 2.96. The zero-order valence-electron chi connectivity index (χ0n) is 8.39. The molecule has 1 atom stereocenters. The van der Waals surface area contributed by atoms with Crippen molar-refractivity contribution in [1.29, 1.82) is 0 Å². The lowest BCUT2D eigenvalue weighted by molar-refractivity contribution is -0.140. The van der Waals surface area contributed by atoms with Gasteiger partial charge in [0.15, 0.2) is 4.83 Å². The topological polar surface area (TPSA) is 39.2 Å². The quantitative estimate of drug-likeness (QED) is 0.616. The van der Waals surface area contributed by atoms with Gasteiger partial charge in [-0.1, -0.05) is 27.5 Å². The first-order valence-corrected chi connectivity index (χ1v) is 5.51. The molecular formula is C9H6BrClF3NO2. The Morgan fingerprint density at radius 1 is 1.59 bits per heavy atom. The van der Waals surface area contributed by atoms with Crippen LogP contribution in [0.15, 0.2) is 12.3 Å². The molecule has 0 aliphatic carbocycles. The van der Waals surface area contributed by atoms with Crippen LogP contribution in [0.25, 0.3) is 0 Å². The second kappa shape index (κ2) is 5.22. The van der Waals surface area contributed by atoms with Crippen LogP contribution < -0.4 is 0 Å². The Bertz CT molecular complexity index is 439. The highest BCUT2D eigenvalue weighted by Gasteiger charge is 2.32. The molecular weight excluding hydrogens is 326 g/mol. The van der Waals surface area contributed by atoms with Crippen LogP contribution in [0.5, 0.6) is 0 Å². The number of ether oxygens (including phenoxy) is 1. The molecule has 0 fully saturated rings. The maximum atomic E-state index is 12.3. The van der Waals surface area contributed by atoms with Gasteiger partial charge in [-0.3, -0.25) is 9.78 Å². The molecule has 0 unspecified atom stereocenters. The lowest BCUT2D eigenvalue weighted by Crippen LogP contribution is -2.12. The summed E-state index contributed by atoms with van der Waals surface area (Å²) in [7, 11) is 1.15. The van der Waals surface area contributed by atoms with Gasteiger partial charge in [0.1, 0.15) is 0 Å². The first-order chi connectivity index (χ1) is 7.77. The SMILES string of the molecule is COC(=O)[C@@H](Br)c1ncc(C(F)(F)F)cc1Cl. The van der Waals surface area contributed by atoms with Crippen molar-refractivity contribution in [3.05, 3.63) is 28.5 Å². The Morgan fingerprint density at radius 3 is 2.59 bits per heavy atom. The summed E-state index contributed by atoms with van der Waals surface area (Å²) in [6.45, 7) is 0. The highest BCUT2D eigenvalue weighted by Crippen LogP contribution is 2.34. The van der Waals surface area contributed by atoms with E-state index in [1.54, 1.807) is 0 Å². The molecule has 1 aromatic rings. The van der Waals surface area contributed by atoms with Crippen molar-refractivity contribution in [1.82, 2.24) is 4.98 Å². The van der Waals surface area contributed by atoms with Crippen LogP contribution in [-0.4, -0.2) is 18.1 Å². The summed E-state index contributed by atoms with van der Waals surface area (Å²) in [6.07, 6.45) is -3.92. The van der Waals surface area contributed by atoms with E-state index in [1.807, 2.05) is 0 Å². The van der Waals surface area contributed by atoms with E-state index in [1.165, 1.54) is 0 Å². The Kier molecular flexibility index (Phi) is 4.37. The molecule has 17 heavy (non-hydrogen) atoms. The molecule has 0 saturated heterocycles. The number of rotatable bonds is 2. The summed E-state index contributed by atoms with van der Waals surface area (Å²) in [6, 6.07) is 0.709. The summed E-state index contributed by atoms with van der Waals surface area (Å²) in [5.41, 5.74) is -0.998. The number of aromatic nitrogens is 1. The average molecular weight is 333 g/mol. The number of halogens is 5. The van der Waals surface area contributed by atoms with Gasteiger partial charge in [-0.05, 0) is 6.07 Å². The highest BCUT2D eigenvalue weighted by molar-refractivity contribution is 9.09. The Hall–Kier alpha value is -0.820. The fourth-order valence-corrected chi connectivity index (χ4v) is 1.96. The molecule has 8 heteroatoms. The first kappa shape index (κ1) is 14.2. The van der Waals surface area contributed by atoms with Crippen LogP contribution in [0.3, 0.4) is 0 Å². The summed E-state index contributed by atoms with van der Waals surface area (Å²) < 4.78 is 41.4. The summed E-state index contributed by atoms with van der Waals surface area (Å²) in [4.78, 5) is 13.7. The zero-order valence-corrected chi connectivity index (χ0v) is 10.7. The van der Waals surface area contributed by atoms with E-state index in [0.717, 1.165) is 7.11 Å². The van der Waals surface area contributed by atoms with Gasteiger partial charge in [0.25, 0.3) is 0 Å². The van der Waals surface area contributed by atoms with Gasteiger partial charge in [0.2, 0.25) is 0 Å². The number of hydrogen-bond acceptors (Lipinski definition) is 3. The van der Waals surface area contributed by atoms with Crippen molar-refractivity contribution in [3.63, 3.8) is 0 Å². The largest absolute Gasteiger partial charge is 0.468 e. The zero-order chi connectivity index (χ0) is 13.2. The first-order valence-electron chi connectivity index (χ1n) is 4.22. The predicted molar refractivity (Wildman–Crippen MR) is 57.9 cm³/mol. The van der Waals surface area contributed by atoms with E-state index >= 15 is 0 Å². The van der Waals surface area contributed by atoms with Crippen LogP contribution in [0.4, 0.5) is 13.2 Å². The molecule has 1 heterocycles. The molecule has 0 bridgehead atoms. The van der Waals surface area contributed by atoms with E-state index in [9.17, 15) is 18.0 Å². The molecule has 0 aliphatic rings. The normalized spacial score (nSPS) is 13.3. The van der Waals surface area contributed by atoms with Crippen molar-refractivity contribution in [2.24, 2.45) is 0 Å². The minimum atomic E-state index is -4.53. The van der Waals surface area contributed by atoms with Gasteiger partial charge in [-0.25, -0.2) is 0 Å². The van der Waals surface area contributed by atoms with Gasteiger partial charge in [-0.15, -0.1) is 0 Å². The highest BCUT2D eigenvalue weighted by atomic mass is 79.9. The third kappa shape index (κ3) is 3.32. The molecule has 0 saturated carbocycles. The minimum absolute atomic E-state index is 0.0217. The molecule has 1 aromatic heterocycles. The fraction of sp³-hybridized carbons (Fsp3) is 0.333. The van der Waals surface area contributed by atoms with Crippen LogP contribution >= 0.6 is 27.5 Å². The van der Waals surface area contributed by atoms with E-state index < -0.39 is 22.5 Å². The molecule has 0 aliphatic heterocycles. The number of carbonyl (C=O) groups is 1. The van der Waals surface area contributed by atoms with Crippen LogP contribution in [0, 0.1) is 0 Å². The summed E-state index contributed by atoms with van der Waals surface area (Å²) in [5, 5.41) is -0.257. The summed E-state index contributed by atoms with van der Waals surface area (Å²) >= 11 is 8.57. The number of hydrogen-bond donors (Lipinski definition) is 0. The third-order valence-electron chi connectivity index (χ3n) is 1.85. The predicted octanol–water partition coefficient (Wildman–Crippen LogP) is 3.36. The number of carbonyl (C=O) groups excluding carboxylic acids is 1. The molecule has 0 radical (unpaired) electrons.